The molecule has 0 aliphatic heterocycles. The van der Waals surface area contributed by atoms with Crippen LogP contribution in [0.3, 0.4) is 0 Å². The van der Waals surface area contributed by atoms with Gasteiger partial charge in [0.1, 0.15) is 0 Å². The first-order chi connectivity index (χ1) is 8.97. The number of carboxylic acids is 1. The van der Waals surface area contributed by atoms with E-state index in [1.54, 1.807) is 30.0 Å². The number of halogens is 1. The predicted octanol–water partition coefficient (Wildman–Crippen LogP) is 2.86. The van der Waals surface area contributed by atoms with Crippen molar-refractivity contribution < 1.29 is 14.7 Å². The van der Waals surface area contributed by atoms with Crippen LogP contribution >= 0.6 is 34.4 Å². The van der Waals surface area contributed by atoms with Crippen LogP contribution < -0.4 is 5.32 Å². The average Bonchev–Trinajstić information content (AvgIpc) is 2.35. The molecular formula is C13H16INO3S. The van der Waals surface area contributed by atoms with Crippen LogP contribution in [0.4, 0.5) is 0 Å². The molecule has 0 heterocycles. The molecule has 0 fully saturated rings. The molecule has 0 bridgehead atoms. The Bertz CT molecular complexity index is 479. The second-order valence-corrected chi connectivity index (χ2v) is 6.48. The van der Waals surface area contributed by atoms with Crippen molar-refractivity contribution in [3.05, 3.63) is 32.9 Å². The Kier molecular flexibility index (Phi) is 6.64. The van der Waals surface area contributed by atoms with E-state index in [4.69, 9.17) is 0 Å². The van der Waals surface area contributed by atoms with Gasteiger partial charge in [-0.1, -0.05) is 13.0 Å². The molecule has 0 aliphatic rings. The van der Waals surface area contributed by atoms with Crippen molar-refractivity contribution in [2.45, 2.75) is 19.9 Å². The minimum Gasteiger partial charge on any atom is -0.478 e. The van der Waals surface area contributed by atoms with E-state index < -0.39 is 5.97 Å². The quantitative estimate of drug-likeness (QED) is 0.730. The van der Waals surface area contributed by atoms with Crippen LogP contribution in [0.5, 0.6) is 0 Å². The SMILES string of the molecule is CCSCC(C)NC(=O)c1cccc(I)c1C(=O)O. The molecule has 2 N–H and O–H groups in total. The fourth-order valence-corrected chi connectivity index (χ4v) is 2.97. The van der Waals surface area contributed by atoms with E-state index in [-0.39, 0.29) is 23.1 Å². The lowest BCUT2D eigenvalue weighted by Crippen LogP contribution is -2.35. The third kappa shape index (κ3) is 4.68. The predicted molar refractivity (Wildman–Crippen MR) is 86.0 cm³/mol. The Balaban J connectivity index is 2.88. The van der Waals surface area contributed by atoms with Gasteiger partial charge in [0, 0.05) is 15.4 Å². The second kappa shape index (κ2) is 7.74. The highest BCUT2D eigenvalue weighted by atomic mass is 127. The van der Waals surface area contributed by atoms with Gasteiger partial charge in [-0.05, 0) is 47.4 Å². The highest BCUT2D eigenvalue weighted by Gasteiger charge is 2.20. The Morgan fingerprint density at radius 2 is 2.16 bits per heavy atom. The molecule has 0 spiro atoms. The van der Waals surface area contributed by atoms with Gasteiger partial charge in [0.05, 0.1) is 11.1 Å². The normalized spacial score (nSPS) is 11.9. The molecule has 1 rings (SSSR count). The van der Waals surface area contributed by atoms with Gasteiger partial charge in [-0.15, -0.1) is 0 Å². The summed E-state index contributed by atoms with van der Waals surface area (Å²) in [6.07, 6.45) is 0. The first kappa shape index (κ1) is 16.3. The number of carbonyl (C=O) groups excluding carboxylic acids is 1. The zero-order valence-corrected chi connectivity index (χ0v) is 13.7. The number of benzene rings is 1. The third-order valence-electron chi connectivity index (χ3n) is 2.42. The van der Waals surface area contributed by atoms with Crippen LogP contribution in [-0.2, 0) is 0 Å². The molecule has 0 saturated heterocycles. The molecule has 0 saturated carbocycles. The van der Waals surface area contributed by atoms with Gasteiger partial charge in [-0.3, -0.25) is 4.79 Å². The number of aromatic carboxylic acids is 1. The summed E-state index contributed by atoms with van der Waals surface area (Å²) >= 11 is 3.66. The lowest BCUT2D eigenvalue weighted by molar-refractivity contribution is 0.0689. The van der Waals surface area contributed by atoms with E-state index in [1.807, 2.05) is 29.5 Å². The number of rotatable bonds is 6. The van der Waals surface area contributed by atoms with Crippen molar-refractivity contribution in [3.63, 3.8) is 0 Å². The minimum absolute atomic E-state index is 0.0111. The smallest absolute Gasteiger partial charge is 0.337 e. The number of hydrogen-bond acceptors (Lipinski definition) is 3. The van der Waals surface area contributed by atoms with Crippen molar-refractivity contribution in [2.75, 3.05) is 11.5 Å². The summed E-state index contributed by atoms with van der Waals surface area (Å²) < 4.78 is 0.563. The molecule has 1 aromatic carbocycles. The summed E-state index contributed by atoms with van der Waals surface area (Å²) in [5.41, 5.74) is 0.281. The summed E-state index contributed by atoms with van der Waals surface area (Å²) in [6, 6.07) is 4.92. The average molecular weight is 393 g/mol. The molecule has 0 aromatic heterocycles. The summed E-state index contributed by atoms with van der Waals surface area (Å²) in [5.74, 6) is 0.393. The molecule has 1 atom stereocenters. The third-order valence-corrected chi connectivity index (χ3v) is 4.46. The maximum Gasteiger partial charge on any atom is 0.337 e. The Morgan fingerprint density at radius 3 is 2.74 bits per heavy atom. The number of thioether (sulfide) groups is 1. The number of carboxylic acid groups (broad SMARTS) is 1. The first-order valence-electron chi connectivity index (χ1n) is 5.87. The van der Waals surface area contributed by atoms with E-state index in [2.05, 4.69) is 12.2 Å². The van der Waals surface area contributed by atoms with E-state index in [1.165, 1.54) is 0 Å². The Morgan fingerprint density at radius 1 is 1.47 bits per heavy atom. The van der Waals surface area contributed by atoms with E-state index in [0.29, 0.717) is 3.57 Å². The summed E-state index contributed by atoms with van der Waals surface area (Å²) in [4.78, 5) is 23.3. The highest BCUT2D eigenvalue weighted by Crippen LogP contribution is 2.17. The number of hydrogen-bond donors (Lipinski definition) is 2. The van der Waals surface area contributed by atoms with Gasteiger partial charge in [0.15, 0.2) is 0 Å². The van der Waals surface area contributed by atoms with Gasteiger partial charge in [0.2, 0.25) is 0 Å². The molecular weight excluding hydrogens is 377 g/mol. The lowest BCUT2D eigenvalue weighted by atomic mass is 10.1. The van der Waals surface area contributed by atoms with Gasteiger partial charge in [-0.25, -0.2) is 4.79 Å². The van der Waals surface area contributed by atoms with Crippen molar-refractivity contribution in [2.24, 2.45) is 0 Å². The molecule has 19 heavy (non-hydrogen) atoms. The van der Waals surface area contributed by atoms with Gasteiger partial charge in [0.25, 0.3) is 5.91 Å². The largest absolute Gasteiger partial charge is 0.478 e. The Labute approximate surface area is 130 Å². The van der Waals surface area contributed by atoms with Crippen LogP contribution in [0, 0.1) is 3.57 Å². The molecule has 0 aliphatic carbocycles. The summed E-state index contributed by atoms with van der Waals surface area (Å²) in [5, 5.41) is 12.0. The van der Waals surface area contributed by atoms with E-state index in [9.17, 15) is 14.7 Å². The molecule has 4 nitrogen and oxygen atoms in total. The highest BCUT2D eigenvalue weighted by molar-refractivity contribution is 14.1. The van der Waals surface area contributed by atoms with Gasteiger partial charge in [-0.2, -0.15) is 11.8 Å². The topological polar surface area (TPSA) is 66.4 Å². The molecule has 1 amide bonds. The minimum atomic E-state index is -1.08. The van der Waals surface area contributed by atoms with Crippen LogP contribution in [0.25, 0.3) is 0 Å². The van der Waals surface area contributed by atoms with Crippen molar-refractivity contribution in [3.8, 4) is 0 Å². The van der Waals surface area contributed by atoms with Crippen LogP contribution in [0.15, 0.2) is 18.2 Å². The molecule has 1 aromatic rings. The molecule has 104 valence electrons. The first-order valence-corrected chi connectivity index (χ1v) is 8.11. The van der Waals surface area contributed by atoms with Crippen molar-refractivity contribution >= 4 is 46.2 Å². The maximum atomic E-state index is 12.1. The van der Waals surface area contributed by atoms with Gasteiger partial charge >= 0.3 is 5.97 Å². The van der Waals surface area contributed by atoms with Crippen LogP contribution in [0.1, 0.15) is 34.6 Å². The van der Waals surface area contributed by atoms with Gasteiger partial charge < -0.3 is 10.4 Å². The van der Waals surface area contributed by atoms with E-state index in [0.717, 1.165) is 11.5 Å². The lowest BCUT2D eigenvalue weighted by Gasteiger charge is -2.14. The van der Waals surface area contributed by atoms with Crippen LogP contribution in [-0.4, -0.2) is 34.5 Å². The molecule has 0 radical (unpaired) electrons. The number of nitrogens with one attached hydrogen (secondary N) is 1. The molecule has 1 unspecified atom stereocenters. The number of carbonyl (C=O) groups is 2. The fraction of sp³-hybridized carbons (Fsp3) is 0.385. The van der Waals surface area contributed by atoms with Crippen molar-refractivity contribution in [1.82, 2.24) is 5.32 Å². The Hall–Kier alpha value is -0.760. The van der Waals surface area contributed by atoms with E-state index >= 15 is 0 Å². The number of amides is 1. The summed E-state index contributed by atoms with van der Waals surface area (Å²) in [7, 11) is 0. The summed E-state index contributed by atoms with van der Waals surface area (Å²) in [6.45, 7) is 3.97. The monoisotopic (exact) mass is 393 g/mol. The maximum absolute atomic E-state index is 12.1. The van der Waals surface area contributed by atoms with Crippen LogP contribution in [0.2, 0.25) is 0 Å². The molecule has 6 heteroatoms. The zero-order valence-electron chi connectivity index (χ0n) is 10.8. The van der Waals surface area contributed by atoms with Crippen molar-refractivity contribution in [1.29, 1.82) is 0 Å². The zero-order chi connectivity index (χ0) is 14.4. The second-order valence-electron chi connectivity index (χ2n) is 4.00. The fourth-order valence-electron chi connectivity index (χ4n) is 1.57. The standard InChI is InChI=1S/C13H16INO3S/c1-3-19-7-8(2)15-12(16)9-5-4-6-10(14)11(9)13(17)18/h4-6,8H,3,7H2,1-2H3,(H,15,16)(H,17,18).